The first-order chi connectivity index (χ1) is 47.4. The second kappa shape index (κ2) is 35.3. The summed E-state index contributed by atoms with van der Waals surface area (Å²) in [4.78, 5) is 84.7. The smallest absolute Gasteiger partial charge is 0.407 e. The molecule has 4 heterocycles. The molecule has 9 aromatic rings. The molecule has 98 heavy (non-hydrogen) atoms. The highest BCUT2D eigenvalue weighted by Crippen LogP contribution is 2.36. The van der Waals surface area contributed by atoms with Gasteiger partial charge in [-0.05, 0) is 108 Å². The number of aliphatic hydroxyl groups excluding tert-OH is 1. The molecule has 0 fully saturated rings. The van der Waals surface area contributed by atoms with Crippen molar-refractivity contribution in [2.45, 2.75) is 110 Å². The minimum Gasteiger partial charge on any atom is -0.493 e. The number of nitrogens with one attached hydrogen (secondary N) is 5. The number of urea groups is 1. The monoisotopic (exact) mass is 1370 g/mol. The van der Waals surface area contributed by atoms with E-state index in [4.69, 9.17) is 23.7 Å². The summed E-state index contributed by atoms with van der Waals surface area (Å²) < 4.78 is 27.3. The highest BCUT2D eigenvalue weighted by molar-refractivity contribution is 7.09. The number of carbonyl (C=O) groups is 5. The number of thiazole rings is 2. The van der Waals surface area contributed by atoms with E-state index in [1.807, 2.05) is 128 Å². The number of fused-ring (bicyclic) bond motifs is 2. The molecule has 6 amide bonds. The molecular weight excluding hydrogens is 1280 g/mol. The van der Waals surface area contributed by atoms with Crippen molar-refractivity contribution in [3.8, 4) is 23.0 Å². The number of amides is 6. The summed E-state index contributed by atoms with van der Waals surface area (Å²) in [6, 6.07) is 41.2. The molecule has 6 N–H and O–H groups in total. The number of nitrogens with zero attached hydrogens (tertiary/aromatic N) is 5. The van der Waals surface area contributed by atoms with Gasteiger partial charge in [0.25, 0.3) is 11.8 Å². The summed E-state index contributed by atoms with van der Waals surface area (Å²) in [5, 5.41) is 30.1. The number of carbonyl (C=O) groups excluding carboxylic acids is 5. The number of ether oxygens (including phenoxy) is 5. The lowest BCUT2D eigenvalue weighted by Crippen LogP contribution is -2.55. The zero-order valence-corrected chi connectivity index (χ0v) is 58.3. The molecule has 514 valence electrons. The Bertz CT molecular complexity index is 4100. The molecule has 23 heteroatoms. The third kappa shape index (κ3) is 20.3. The second-order valence-electron chi connectivity index (χ2n) is 24.6. The van der Waals surface area contributed by atoms with Crippen molar-refractivity contribution in [3.63, 3.8) is 0 Å². The third-order valence-electron chi connectivity index (χ3n) is 16.7. The second-order valence-corrected chi connectivity index (χ2v) is 26.4. The number of para-hydroxylation sites is 1. The fourth-order valence-corrected chi connectivity index (χ4v) is 12.7. The summed E-state index contributed by atoms with van der Waals surface area (Å²) in [5.41, 5.74) is 10.3. The molecular formula is C75H86N10O11S2. The molecule has 21 nitrogen and oxygen atoms in total. The lowest BCUT2D eigenvalue weighted by molar-refractivity contribution is -0.124. The first-order valence-electron chi connectivity index (χ1n) is 32.5. The van der Waals surface area contributed by atoms with Crippen LogP contribution in [0.4, 0.5) is 21.0 Å². The molecule has 1 aliphatic rings. The standard InChI is InChI=1S/C38H38N4O6.C37H48N6O5S2/c1-45-33-18-25-14-16-42(23-28(25)19-34(33)46-2)15-13-24-9-11-29(12-10-24)40-38(44)30-20-35(47-3)36(48-4)21-32(30)41-37(43)27-17-26-7-5-6-8-31(26)39-22-27;1-24(2)33(42-36(46)43(5)20-29-22-49-35(40-29)25(3)4)34(45)39-28(16-26-12-8-6-9-13-26)18-32(44)31(17-27-14-10-7-11-15-27)41-37(47)48-21-30-19-38-23-50-30/h5-12,17-22H,13-16,23H2,1-4H3,(H,40,44)(H,41,43);6-15,19,22-25,28,31-33,44H,16-18,20-21H2,1-5H3,(H,39,45)(H,41,47)(H,42,46)/t;28-,31-,32-,33-/m.0/s1. The topological polar surface area (TPSA) is 257 Å². The number of anilines is 2. The molecule has 0 bridgehead atoms. The van der Waals surface area contributed by atoms with Crippen LogP contribution in [0.25, 0.3) is 10.9 Å². The van der Waals surface area contributed by atoms with Gasteiger partial charge in [-0.3, -0.25) is 29.3 Å². The number of pyridine rings is 1. The Kier molecular flexibility index (Phi) is 26.1. The maximum atomic E-state index is 13.9. The number of rotatable bonds is 28. The van der Waals surface area contributed by atoms with Crippen molar-refractivity contribution >= 4 is 74.8 Å². The molecule has 0 radical (unpaired) electrons. The maximum absolute atomic E-state index is 13.9. The van der Waals surface area contributed by atoms with Gasteiger partial charge in [0, 0.05) is 73.6 Å². The molecule has 0 aliphatic carbocycles. The molecule has 6 aromatic carbocycles. The zero-order valence-electron chi connectivity index (χ0n) is 56.7. The molecule has 0 saturated carbocycles. The number of methoxy groups -OCH3 is 4. The fraction of sp³-hybridized carbons (Fsp3) is 0.333. The van der Waals surface area contributed by atoms with Gasteiger partial charge in [-0.25, -0.2) is 14.6 Å². The normalized spacial score (nSPS) is 13.1. The first-order valence-corrected chi connectivity index (χ1v) is 34.2. The summed E-state index contributed by atoms with van der Waals surface area (Å²) in [6.45, 7) is 11.0. The fourth-order valence-electron chi connectivity index (χ4n) is 11.3. The Morgan fingerprint density at radius 1 is 0.684 bits per heavy atom. The van der Waals surface area contributed by atoms with E-state index in [0.29, 0.717) is 48.1 Å². The van der Waals surface area contributed by atoms with E-state index < -0.39 is 42.1 Å². The predicted molar refractivity (Wildman–Crippen MR) is 383 cm³/mol. The molecule has 4 atom stereocenters. The van der Waals surface area contributed by atoms with E-state index in [2.05, 4.69) is 72.4 Å². The summed E-state index contributed by atoms with van der Waals surface area (Å²) in [6.07, 6.45) is 4.17. The van der Waals surface area contributed by atoms with Crippen molar-refractivity contribution in [3.05, 3.63) is 217 Å². The van der Waals surface area contributed by atoms with Gasteiger partial charge in [0.05, 0.1) is 90.5 Å². The highest BCUT2D eigenvalue weighted by atomic mass is 32.1. The van der Waals surface area contributed by atoms with Crippen LogP contribution in [0, 0.1) is 5.92 Å². The van der Waals surface area contributed by atoms with Crippen molar-refractivity contribution < 1.29 is 52.8 Å². The van der Waals surface area contributed by atoms with Gasteiger partial charge >= 0.3 is 12.1 Å². The SMILES string of the molecule is CC(C)c1nc(CN(C)C(=O)N[C@H](C(=O)N[C@@H](Cc2ccccc2)C[C@H](O)[C@H](Cc2ccccc2)NC(=O)OCc2cncs2)C(C)C)cs1.COc1cc2c(cc1OC)CN(CCc1ccc(NC(=O)c3cc(OC)c(OC)cc3NC(=O)c3cnc4ccccc4c3)cc1)CC2. The van der Waals surface area contributed by atoms with E-state index in [1.165, 1.54) is 47.8 Å². The van der Waals surface area contributed by atoms with E-state index in [1.54, 1.807) is 62.5 Å². The van der Waals surface area contributed by atoms with Crippen LogP contribution in [-0.4, -0.2) is 133 Å². The Morgan fingerprint density at radius 2 is 1.34 bits per heavy atom. The van der Waals surface area contributed by atoms with E-state index in [9.17, 15) is 29.1 Å². The largest absolute Gasteiger partial charge is 0.493 e. The van der Waals surface area contributed by atoms with Crippen LogP contribution in [0.3, 0.4) is 0 Å². The Balaban J connectivity index is 0.000000229. The van der Waals surface area contributed by atoms with Crippen LogP contribution in [0.15, 0.2) is 163 Å². The Labute approximate surface area is 580 Å². The van der Waals surface area contributed by atoms with Gasteiger partial charge in [0.1, 0.15) is 12.6 Å². The van der Waals surface area contributed by atoms with Gasteiger partial charge < -0.3 is 60.3 Å². The summed E-state index contributed by atoms with van der Waals surface area (Å²) in [7, 11) is 7.99. The van der Waals surface area contributed by atoms with Gasteiger partial charge in [0.2, 0.25) is 5.91 Å². The van der Waals surface area contributed by atoms with Gasteiger partial charge in [0.15, 0.2) is 23.0 Å². The van der Waals surface area contributed by atoms with Crippen molar-refractivity contribution in [2.75, 3.05) is 59.2 Å². The van der Waals surface area contributed by atoms with Gasteiger partial charge in [-0.1, -0.05) is 119 Å². The Hall–Kier alpha value is -9.94. The van der Waals surface area contributed by atoms with Crippen LogP contribution in [-0.2, 0) is 54.9 Å². The van der Waals surface area contributed by atoms with Crippen molar-refractivity contribution in [2.24, 2.45) is 5.92 Å². The van der Waals surface area contributed by atoms with Crippen molar-refractivity contribution in [1.29, 1.82) is 0 Å². The quantitative estimate of drug-likeness (QED) is 0.0266. The summed E-state index contributed by atoms with van der Waals surface area (Å²) in [5.74, 6) is 1.16. The molecule has 0 spiro atoms. The van der Waals surface area contributed by atoms with Gasteiger partial charge in [-0.2, -0.15) is 0 Å². The van der Waals surface area contributed by atoms with Crippen LogP contribution in [0.5, 0.6) is 23.0 Å². The molecule has 3 aromatic heterocycles. The molecule has 0 saturated heterocycles. The number of hydrogen-bond donors (Lipinski definition) is 6. The molecule has 1 aliphatic heterocycles. The number of benzene rings is 6. The minimum absolute atomic E-state index is 0.0671. The predicted octanol–water partition coefficient (Wildman–Crippen LogP) is 12.3. The van der Waals surface area contributed by atoms with Crippen LogP contribution >= 0.6 is 22.7 Å². The van der Waals surface area contributed by atoms with E-state index in [-0.39, 0.29) is 42.1 Å². The van der Waals surface area contributed by atoms with E-state index in [0.717, 1.165) is 87.1 Å². The van der Waals surface area contributed by atoms with E-state index >= 15 is 0 Å². The number of aromatic nitrogens is 3. The Morgan fingerprint density at radius 3 is 1.99 bits per heavy atom. The average molecular weight is 1370 g/mol. The first kappa shape index (κ1) is 72.3. The lowest BCUT2D eigenvalue weighted by atomic mass is 9.93. The third-order valence-corrected chi connectivity index (χ3v) is 18.7. The zero-order chi connectivity index (χ0) is 69.7. The number of hydrogen-bond acceptors (Lipinski definition) is 17. The van der Waals surface area contributed by atoms with Crippen molar-refractivity contribution in [1.82, 2.24) is 40.7 Å². The number of aliphatic hydroxyl groups is 1. The average Bonchev–Trinajstić information content (AvgIpc) is 0.934. The summed E-state index contributed by atoms with van der Waals surface area (Å²) >= 11 is 2.95. The highest BCUT2D eigenvalue weighted by Gasteiger charge is 2.32. The molecule has 10 rings (SSSR count). The lowest BCUT2D eigenvalue weighted by Gasteiger charge is -2.30. The minimum atomic E-state index is -1.05. The number of alkyl carbamates (subject to hydrolysis) is 1. The van der Waals surface area contributed by atoms with Crippen LogP contribution in [0.2, 0.25) is 0 Å². The molecule has 0 unspecified atom stereocenters. The van der Waals surface area contributed by atoms with Crippen LogP contribution in [0.1, 0.15) is 104 Å². The van der Waals surface area contributed by atoms with Crippen LogP contribution < -0.4 is 45.5 Å². The van der Waals surface area contributed by atoms with Gasteiger partial charge in [-0.15, -0.1) is 22.7 Å². The maximum Gasteiger partial charge on any atom is 0.407 e.